The second-order valence-corrected chi connectivity index (χ2v) is 11.7. The summed E-state index contributed by atoms with van der Waals surface area (Å²) in [6, 6.07) is 15.2. The molecule has 2 aliphatic heterocycles. The van der Waals surface area contributed by atoms with Crippen molar-refractivity contribution in [1.82, 2.24) is 20.5 Å². The fraction of sp³-hybridized carbons (Fsp3) is 0.361. The smallest absolute Gasteiger partial charge is 0.255 e. The summed E-state index contributed by atoms with van der Waals surface area (Å²) in [6.07, 6.45) is 9.09. The first-order valence-corrected chi connectivity index (χ1v) is 16.3. The first kappa shape index (κ1) is 35.0. The number of anilines is 1. The van der Waals surface area contributed by atoms with Gasteiger partial charge in [0.15, 0.2) is 0 Å². The van der Waals surface area contributed by atoms with Crippen molar-refractivity contribution in [2.45, 2.75) is 59.0 Å². The molecule has 11 nitrogen and oxygen atoms in total. The Kier molecular flexibility index (Phi) is 13.2. The van der Waals surface area contributed by atoms with Crippen molar-refractivity contribution < 1.29 is 14.4 Å². The summed E-state index contributed by atoms with van der Waals surface area (Å²) in [5, 5.41) is 8.31. The number of pyridine rings is 1. The van der Waals surface area contributed by atoms with Crippen molar-refractivity contribution in [2.75, 3.05) is 31.5 Å². The zero-order chi connectivity index (χ0) is 33.6. The monoisotopic (exact) mass is 638 g/mol. The number of benzene rings is 2. The quantitative estimate of drug-likeness (QED) is 0.146. The second kappa shape index (κ2) is 17.7. The maximum Gasteiger partial charge on any atom is 0.255 e. The average Bonchev–Trinajstić information content (AvgIpc) is 3.23. The van der Waals surface area contributed by atoms with E-state index in [1.54, 1.807) is 12.3 Å². The van der Waals surface area contributed by atoms with Gasteiger partial charge in [-0.3, -0.25) is 24.3 Å². The van der Waals surface area contributed by atoms with Gasteiger partial charge in [0.2, 0.25) is 6.41 Å². The molecular weight excluding hydrogens is 592 g/mol. The molecule has 5 rings (SSSR count). The minimum absolute atomic E-state index is 0.116. The molecule has 0 aliphatic carbocycles. The van der Waals surface area contributed by atoms with Gasteiger partial charge in [-0.2, -0.15) is 0 Å². The van der Waals surface area contributed by atoms with Crippen LogP contribution in [0.25, 0.3) is 6.08 Å². The Balaban J connectivity index is 0.000000762. The van der Waals surface area contributed by atoms with Crippen molar-refractivity contribution in [3.05, 3.63) is 93.8 Å². The SMILES string of the molecule is CCCC1=Cc2ccc(C(=O)Nc3cnc4c(c3)CN(Cc3ccc(C(=O)NCCN)cc3)CC4)cc2N=C(N)C1.CCCNC=O. The van der Waals surface area contributed by atoms with E-state index in [2.05, 4.69) is 43.8 Å². The molecule has 0 saturated carbocycles. The lowest BCUT2D eigenvalue weighted by Crippen LogP contribution is -2.31. The van der Waals surface area contributed by atoms with Crippen molar-refractivity contribution >= 4 is 41.5 Å². The predicted molar refractivity (Wildman–Crippen MR) is 187 cm³/mol. The fourth-order valence-corrected chi connectivity index (χ4v) is 5.49. The second-order valence-electron chi connectivity index (χ2n) is 11.7. The lowest BCUT2D eigenvalue weighted by molar-refractivity contribution is -0.109. The van der Waals surface area contributed by atoms with Crippen molar-refractivity contribution in [3.8, 4) is 0 Å². The van der Waals surface area contributed by atoms with Crippen LogP contribution < -0.4 is 27.4 Å². The topological polar surface area (TPSA) is 168 Å². The van der Waals surface area contributed by atoms with Crippen LogP contribution in [0.5, 0.6) is 0 Å². The van der Waals surface area contributed by atoms with Gasteiger partial charge in [-0.25, -0.2) is 4.99 Å². The molecule has 248 valence electrons. The molecule has 1 aromatic heterocycles. The number of rotatable bonds is 12. The van der Waals surface area contributed by atoms with Crippen LogP contribution in [0.2, 0.25) is 0 Å². The number of carbonyl (C=O) groups is 3. The van der Waals surface area contributed by atoms with E-state index < -0.39 is 0 Å². The Labute approximate surface area is 276 Å². The predicted octanol–water partition coefficient (Wildman–Crippen LogP) is 4.30. The highest BCUT2D eigenvalue weighted by Gasteiger charge is 2.19. The number of nitrogens with zero attached hydrogens (tertiary/aromatic N) is 3. The molecule has 7 N–H and O–H groups in total. The number of nitrogens with one attached hydrogen (secondary N) is 3. The zero-order valence-electron chi connectivity index (χ0n) is 27.4. The zero-order valence-corrected chi connectivity index (χ0v) is 27.4. The van der Waals surface area contributed by atoms with E-state index in [0.717, 1.165) is 74.2 Å². The molecule has 3 heterocycles. The molecule has 11 heteroatoms. The summed E-state index contributed by atoms with van der Waals surface area (Å²) in [5.74, 6) is 0.234. The van der Waals surface area contributed by atoms with E-state index in [1.165, 1.54) is 5.57 Å². The summed E-state index contributed by atoms with van der Waals surface area (Å²) < 4.78 is 0. The van der Waals surface area contributed by atoms with Crippen LogP contribution in [0, 0.1) is 0 Å². The molecule has 2 aromatic carbocycles. The van der Waals surface area contributed by atoms with E-state index in [1.807, 2.05) is 49.4 Å². The molecule has 0 atom stereocenters. The normalized spacial score (nSPS) is 13.8. The number of hydrogen-bond donors (Lipinski definition) is 5. The van der Waals surface area contributed by atoms with E-state index in [-0.39, 0.29) is 11.8 Å². The lowest BCUT2D eigenvalue weighted by atomic mass is 10.0. The van der Waals surface area contributed by atoms with Gasteiger partial charge in [-0.15, -0.1) is 0 Å². The van der Waals surface area contributed by atoms with E-state index >= 15 is 0 Å². The molecule has 47 heavy (non-hydrogen) atoms. The van der Waals surface area contributed by atoms with Gasteiger partial charge in [-0.1, -0.05) is 50.1 Å². The third kappa shape index (κ3) is 10.3. The molecule has 0 radical (unpaired) electrons. The minimum atomic E-state index is -0.214. The molecule has 2 aliphatic rings. The van der Waals surface area contributed by atoms with Crippen molar-refractivity contribution in [2.24, 2.45) is 16.5 Å². The standard InChI is InChI=1S/C32H37N7O2.C4H9NO/c1-2-3-22-14-24-8-9-25(17-29(24)38-30(34)15-22)32(41)37-27-16-26-20-39(13-10-28(26)36-18-27)19-21-4-6-23(7-5-21)31(40)35-12-11-33;1-2-3-5-4-6/h4-9,14,16-18H,2-3,10-13,15,19-20,33H2,1H3,(H2,34,38)(H,35,40)(H,37,41);4H,2-3H2,1H3,(H,5,6). The van der Waals surface area contributed by atoms with Gasteiger partial charge in [-0.05, 0) is 54.3 Å². The van der Waals surface area contributed by atoms with Gasteiger partial charge < -0.3 is 27.4 Å². The Morgan fingerprint density at radius 3 is 2.49 bits per heavy atom. The highest BCUT2D eigenvalue weighted by atomic mass is 16.2. The van der Waals surface area contributed by atoms with Crippen LogP contribution in [-0.2, 0) is 24.3 Å². The van der Waals surface area contributed by atoms with Crippen LogP contribution in [0.3, 0.4) is 0 Å². The minimum Gasteiger partial charge on any atom is -0.387 e. The number of aliphatic imine (C=N–C) groups is 1. The van der Waals surface area contributed by atoms with Crippen LogP contribution in [0.15, 0.2) is 65.3 Å². The van der Waals surface area contributed by atoms with Crippen molar-refractivity contribution in [3.63, 3.8) is 0 Å². The van der Waals surface area contributed by atoms with E-state index in [0.29, 0.717) is 54.3 Å². The van der Waals surface area contributed by atoms with Crippen LogP contribution in [0.1, 0.15) is 82.6 Å². The Morgan fingerprint density at radius 2 is 1.79 bits per heavy atom. The van der Waals surface area contributed by atoms with E-state index in [9.17, 15) is 14.4 Å². The molecule has 0 unspecified atom stereocenters. The lowest BCUT2D eigenvalue weighted by Gasteiger charge is -2.28. The third-order valence-corrected chi connectivity index (χ3v) is 7.80. The number of amides is 3. The Morgan fingerprint density at radius 1 is 1.00 bits per heavy atom. The molecule has 3 amide bonds. The third-order valence-electron chi connectivity index (χ3n) is 7.80. The number of aromatic nitrogens is 1. The number of hydrogen-bond acceptors (Lipinski definition) is 8. The maximum atomic E-state index is 13.2. The fourth-order valence-electron chi connectivity index (χ4n) is 5.49. The van der Waals surface area contributed by atoms with Crippen molar-refractivity contribution in [1.29, 1.82) is 0 Å². The molecule has 3 aromatic rings. The molecule has 0 fully saturated rings. The summed E-state index contributed by atoms with van der Waals surface area (Å²) in [6.45, 7) is 8.19. The first-order valence-electron chi connectivity index (χ1n) is 16.3. The highest BCUT2D eigenvalue weighted by Crippen LogP contribution is 2.29. The average molecular weight is 639 g/mol. The highest BCUT2D eigenvalue weighted by molar-refractivity contribution is 6.05. The molecule has 0 saturated heterocycles. The summed E-state index contributed by atoms with van der Waals surface area (Å²) in [7, 11) is 0. The summed E-state index contributed by atoms with van der Waals surface area (Å²) in [5.41, 5.74) is 19.6. The van der Waals surface area contributed by atoms with Crippen LogP contribution in [0.4, 0.5) is 11.4 Å². The largest absolute Gasteiger partial charge is 0.387 e. The maximum absolute atomic E-state index is 13.2. The number of fused-ring (bicyclic) bond motifs is 2. The van der Waals surface area contributed by atoms with Gasteiger partial charge in [0, 0.05) is 74.5 Å². The number of amidine groups is 1. The van der Waals surface area contributed by atoms with Gasteiger partial charge in [0.1, 0.15) is 5.84 Å². The number of nitrogens with two attached hydrogens (primary N) is 2. The van der Waals surface area contributed by atoms with Gasteiger partial charge in [0.25, 0.3) is 11.8 Å². The molecular formula is C36H46N8O3. The van der Waals surface area contributed by atoms with Gasteiger partial charge >= 0.3 is 0 Å². The first-order chi connectivity index (χ1) is 22.8. The molecule has 0 bridgehead atoms. The summed E-state index contributed by atoms with van der Waals surface area (Å²) in [4.78, 5) is 46.3. The van der Waals surface area contributed by atoms with Crippen LogP contribution in [-0.4, -0.2) is 60.1 Å². The van der Waals surface area contributed by atoms with Gasteiger partial charge in [0.05, 0.1) is 17.6 Å². The Bertz CT molecular complexity index is 1600. The number of carbonyl (C=O) groups excluding carboxylic acids is 3. The molecule has 0 spiro atoms. The Hall–Kier alpha value is -4.87. The van der Waals surface area contributed by atoms with Crippen LogP contribution >= 0.6 is 0 Å². The summed E-state index contributed by atoms with van der Waals surface area (Å²) >= 11 is 0. The van der Waals surface area contributed by atoms with E-state index in [4.69, 9.17) is 11.5 Å².